The lowest BCUT2D eigenvalue weighted by Crippen LogP contribution is -2.23. The maximum Gasteiger partial charge on any atom is 0.119 e. The Bertz CT molecular complexity index is 305. The zero-order chi connectivity index (χ0) is 10.5. The highest BCUT2D eigenvalue weighted by Crippen LogP contribution is 2.14. The van der Waals surface area contributed by atoms with Crippen LogP contribution in [-0.2, 0) is 0 Å². The second-order valence-electron chi connectivity index (χ2n) is 4.25. The normalized spacial score (nSPS) is 20.5. The summed E-state index contributed by atoms with van der Waals surface area (Å²) in [6.07, 6.45) is 3.74. The number of rotatable bonds is 4. The van der Waals surface area contributed by atoms with E-state index in [1.165, 1.54) is 24.9 Å². The lowest BCUT2D eigenvalue weighted by atomic mass is 10.2. The maximum absolute atomic E-state index is 5.71. The Hall–Kier alpha value is -1.02. The fraction of sp³-hybridized carbons (Fsp3) is 0.538. The highest BCUT2D eigenvalue weighted by molar-refractivity contribution is 5.27. The van der Waals surface area contributed by atoms with Crippen molar-refractivity contribution in [2.24, 2.45) is 0 Å². The van der Waals surface area contributed by atoms with Gasteiger partial charge in [-0.1, -0.05) is 12.1 Å². The smallest absolute Gasteiger partial charge is 0.119 e. The molecule has 0 radical (unpaired) electrons. The Morgan fingerprint density at radius 3 is 3.13 bits per heavy atom. The van der Waals surface area contributed by atoms with Crippen LogP contribution in [0.15, 0.2) is 24.3 Å². The van der Waals surface area contributed by atoms with E-state index in [1.54, 1.807) is 0 Å². The first kappa shape index (κ1) is 10.5. The molecule has 1 N–H and O–H groups in total. The van der Waals surface area contributed by atoms with Gasteiger partial charge >= 0.3 is 0 Å². The molecule has 0 aromatic heterocycles. The standard InChI is InChI=1S/C13H19NO/c1-11-4-2-6-13(10-11)15-9-7-12-5-3-8-14-12/h2,4,6,10,12,14H,3,5,7-9H2,1H3. The Morgan fingerprint density at radius 2 is 2.40 bits per heavy atom. The molecule has 15 heavy (non-hydrogen) atoms. The summed E-state index contributed by atoms with van der Waals surface area (Å²) >= 11 is 0. The minimum absolute atomic E-state index is 0.676. The Morgan fingerprint density at radius 1 is 1.47 bits per heavy atom. The first-order chi connectivity index (χ1) is 7.34. The summed E-state index contributed by atoms with van der Waals surface area (Å²) in [6, 6.07) is 8.91. The third-order valence-corrected chi connectivity index (χ3v) is 2.89. The van der Waals surface area contributed by atoms with Crippen LogP contribution in [0.4, 0.5) is 0 Å². The SMILES string of the molecule is Cc1cccc(OCCC2CCCN2)c1. The van der Waals surface area contributed by atoms with E-state index in [2.05, 4.69) is 24.4 Å². The molecule has 0 amide bonds. The number of hydrogen-bond donors (Lipinski definition) is 1. The number of hydrogen-bond acceptors (Lipinski definition) is 2. The molecule has 0 aliphatic carbocycles. The van der Waals surface area contributed by atoms with Gasteiger partial charge < -0.3 is 10.1 Å². The fourth-order valence-electron chi connectivity index (χ4n) is 2.03. The number of nitrogens with one attached hydrogen (secondary N) is 1. The van der Waals surface area contributed by atoms with Gasteiger partial charge in [-0.3, -0.25) is 0 Å². The molecule has 2 nitrogen and oxygen atoms in total. The summed E-state index contributed by atoms with van der Waals surface area (Å²) in [7, 11) is 0. The van der Waals surface area contributed by atoms with E-state index < -0.39 is 0 Å². The van der Waals surface area contributed by atoms with Gasteiger partial charge in [-0.25, -0.2) is 0 Å². The molecule has 1 aliphatic rings. The molecular formula is C13H19NO. The van der Waals surface area contributed by atoms with Crippen molar-refractivity contribution in [1.82, 2.24) is 5.32 Å². The van der Waals surface area contributed by atoms with Crippen molar-refractivity contribution in [2.75, 3.05) is 13.2 Å². The lowest BCUT2D eigenvalue weighted by Gasteiger charge is -2.11. The third kappa shape index (κ3) is 3.24. The van der Waals surface area contributed by atoms with Gasteiger partial charge in [0, 0.05) is 6.04 Å². The molecule has 1 saturated heterocycles. The van der Waals surface area contributed by atoms with E-state index in [9.17, 15) is 0 Å². The van der Waals surface area contributed by atoms with Crippen LogP contribution in [0.25, 0.3) is 0 Å². The molecule has 1 heterocycles. The van der Waals surface area contributed by atoms with E-state index in [4.69, 9.17) is 4.74 Å². The molecule has 1 fully saturated rings. The highest BCUT2D eigenvalue weighted by Gasteiger charge is 2.13. The molecule has 0 bridgehead atoms. The first-order valence-electron chi connectivity index (χ1n) is 5.77. The van der Waals surface area contributed by atoms with Crippen molar-refractivity contribution in [3.63, 3.8) is 0 Å². The van der Waals surface area contributed by atoms with E-state index in [0.717, 1.165) is 18.8 Å². The molecule has 0 spiro atoms. The molecule has 1 unspecified atom stereocenters. The van der Waals surface area contributed by atoms with E-state index in [1.807, 2.05) is 12.1 Å². The predicted molar refractivity (Wildman–Crippen MR) is 62.3 cm³/mol. The number of ether oxygens (including phenoxy) is 1. The molecule has 1 atom stereocenters. The lowest BCUT2D eigenvalue weighted by molar-refractivity contribution is 0.292. The molecule has 1 aromatic rings. The van der Waals surface area contributed by atoms with Crippen LogP contribution < -0.4 is 10.1 Å². The van der Waals surface area contributed by atoms with Crippen LogP contribution in [0.3, 0.4) is 0 Å². The summed E-state index contributed by atoms with van der Waals surface area (Å²) < 4.78 is 5.71. The van der Waals surface area contributed by atoms with Gasteiger partial charge in [-0.2, -0.15) is 0 Å². The van der Waals surface area contributed by atoms with Crippen LogP contribution in [0.2, 0.25) is 0 Å². The van der Waals surface area contributed by atoms with Crippen LogP contribution in [0.1, 0.15) is 24.8 Å². The van der Waals surface area contributed by atoms with Crippen molar-refractivity contribution >= 4 is 0 Å². The average Bonchev–Trinajstić information content (AvgIpc) is 2.71. The molecule has 82 valence electrons. The summed E-state index contributed by atoms with van der Waals surface area (Å²) in [5.74, 6) is 0.994. The minimum Gasteiger partial charge on any atom is -0.494 e. The van der Waals surface area contributed by atoms with Gasteiger partial charge in [0.2, 0.25) is 0 Å². The summed E-state index contributed by atoms with van der Waals surface area (Å²) in [4.78, 5) is 0. The summed E-state index contributed by atoms with van der Waals surface area (Å²) in [5, 5.41) is 3.47. The molecule has 2 rings (SSSR count). The monoisotopic (exact) mass is 205 g/mol. The third-order valence-electron chi connectivity index (χ3n) is 2.89. The maximum atomic E-state index is 5.71. The highest BCUT2D eigenvalue weighted by atomic mass is 16.5. The number of aryl methyl sites for hydroxylation is 1. The minimum atomic E-state index is 0.676. The zero-order valence-electron chi connectivity index (χ0n) is 9.33. The van der Waals surface area contributed by atoms with E-state index >= 15 is 0 Å². The van der Waals surface area contributed by atoms with Gasteiger partial charge in [0.15, 0.2) is 0 Å². The van der Waals surface area contributed by atoms with Crippen molar-refractivity contribution < 1.29 is 4.74 Å². The summed E-state index contributed by atoms with van der Waals surface area (Å²) in [5.41, 5.74) is 1.26. The topological polar surface area (TPSA) is 21.3 Å². The van der Waals surface area contributed by atoms with Crippen molar-refractivity contribution in [2.45, 2.75) is 32.2 Å². The van der Waals surface area contributed by atoms with Gasteiger partial charge in [0.05, 0.1) is 6.61 Å². The van der Waals surface area contributed by atoms with Gasteiger partial charge in [0.1, 0.15) is 5.75 Å². The van der Waals surface area contributed by atoms with Crippen molar-refractivity contribution in [3.05, 3.63) is 29.8 Å². The van der Waals surface area contributed by atoms with Crippen LogP contribution in [-0.4, -0.2) is 19.2 Å². The van der Waals surface area contributed by atoms with Crippen molar-refractivity contribution in [3.8, 4) is 5.75 Å². The largest absolute Gasteiger partial charge is 0.494 e. The van der Waals surface area contributed by atoms with Crippen LogP contribution >= 0.6 is 0 Å². The van der Waals surface area contributed by atoms with Gasteiger partial charge in [0.25, 0.3) is 0 Å². The molecule has 0 saturated carbocycles. The second kappa shape index (κ2) is 5.17. The molecule has 1 aromatic carbocycles. The predicted octanol–water partition coefficient (Wildman–Crippen LogP) is 2.52. The zero-order valence-corrected chi connectivity index (χ0v) is 9.33. The number of benzene rings is 1. The Labute approximate surface area is 91.6 Å². The average molecular weight is 205 g/mol. The van der Waals surface area contributed by atoms with Gasteiger partial charge in [-0.05, 0) is 50.4 Å². The van der Waals surface area contributed by atoms with Gasteiger partial charge in [-0.15, -0.1) is 0 Å². The van der Waals surface area contributed by atoms with Crippen LogP contribution in [0, 0.1) is 6.92 Å². The molecule has 1 aliphatic heterocycles. The van der Waals surface area contributed by atoms with E-state index in [-0.39, 0.29) is 0 Å². The summed E-state index contributed by atoms with van der Waals surface area (Å²) in [6.45, 7) is 4.08. The van der Waals surface area contributed by atoms with Crippen LogP contribution in [0.5, 0.6) is 5.75 Å². The molecular weight excluding hydrogens is 186 g/mol. The van der Waals surface area contributed by atoms with E-state index in [0.29, 0.717) is 6.04 Å². The Balaban J connectivity index is 1.73. The van der Waals surface area contributed by atoms with Crippen molar-refractivity contribution in [1.29, 1.82) is 0 Å². The first-order valence-corrected chi connectivity index (χ1v) is 5.77. The fourth-order valence-corrected chi connectivity index (χ4v) is 2.03. The second-order valence-corrected chi connectivity index (χ2v) is 4.25. The Kier molecular flexibility index (Phi) is 3.62. The quantitative estimate of drug-likeness (QED) is 0.815. The molecule has 2 heteroatoms.